The number of hydrogen-bond donors (Lipinski definition) is 2. The van der Waals surface area contributed by atoms with Gasteiger partial charge in [0.05, 0.1) is 19.2 Å². The average molecular weight is 365 g/mol. The van der Waals surface area contributed by atoms with Crippen LogP contribution in [0.5, 0.6) is 5.75 Å². The molecular formula is C18H24FN3O4. The third-order valence-electron chi connectivity index (χ3n) is 4.92. The van der Waals surface area contributed by atoms with Gasteiger partial charge in [-0.25, -0.2) is 14.0 Å². The van der Waals surface area contributed by atoms with Crippen LogP contribution in [-0.2, 0) is 4.74 Å². The second-order valence-corrected chi connectivity index (χ2v) is 6.71. The molecule has 0 radical (unpaired) electrons. The van der Waals surface area contributed by atoms with Crippen molar-refractivity contribution in [1.82, 2.24) is 15.5 Å². The van der Waals surface area contributed by atoms with Crippen LogP contribution in [0.25, 0.3) is 0 Å². The standard InChI is InChI=1S/C18H24FN3O4/c1-3-25-15-5-4-13(10-14(15)19)12(2)21-16(23)22-8-6-18(7-9-22)11-20-17(24)26-18/h4-5,10,12H,3,6-9,11H2,1-2H3,(H,20,24)(H,21,23)/t12-/m1/s1. The van der Waals surface area contributed by atoms with E-state index in [2.05, 4.69) is 10.6 Å². The molecule has 0 aromatic heterocycles. The number of nitrogens with one attached hydrogen (secondary N) is 2. The van der Waals surface area contributed by atoms with E-state index in [0.29, 0.717) is 44.6 Å². The van der Waals surface area contributed by atoms with Crippen molar-refractivity contribution in [1.29, 1.82) is 0 Å². The first-order chi connectivity index (χ1) is 12.4. The molecule has 0 saturated carbocycles. The number of piperidine rings is 1. The fourth-order valence-electron chi connectivity index (χ4n) is 3.32. The lowest BCUT2D eigenvalue weighted by atomic mass is 9.92. The number of rotatable bonds is 4. The number of benzene rings is 1. The van der Waals surface area contributed by atoms with Crippen LogP contribution < -0.4 is 15.4 Å². The van der Waals surface area contributed by atoms with Crippen LogP contribution in [0, 0.1) is 5.82 Å². The monoisotopic (exact) mass is 365 g/mol. The predicted molar refractivity (Wildman–Crippen MR) is 92.5 cm³/mol. The van der Waals surface area contributed by atoms with E-state index in [9.17, 15) is 14.0 Å². The maximum absolute atomic E-state index is 14.0. The van der Waals surface area contributed by atoms with Crippen LogP contribution in [0.4, 0.5) is 14.0 Å². The molecule has 8 heteroatoms. The van der Waals surface area contributed by atoms with E-state index in [1.807, 2.05) is 0 Å². The molecule has 1 spiro atoms. The lowest BCUT2D eigenvalue weighted by Crippen LogP contribution is -2.51. The van der Waals surface area contributed by atoms with E-state index < -0.39 is 17.5 Å². The highest BCUT2D eigenvalue weighted by Crippen LogP contribution is 2.29. The molecule has 0 aliphatic carbocycles. The van der Waals surface area contributed by atoms with Gasteiger partial charge >= 0.3 is 12.1 Å². The summed E-state index contributed by atoms with van der Waals surface area (Å²) in [5, 5.41) is 5.56. The molecule has 7 nitrogen and oxygen atoms in total. The average Bonchev–Trinajstić information content (AvgIpc) is 2.97. The number of halogens is 1. The first-order valence-electron chi connectivity index (χ1n) is 8.87. The van der Waals surface area contributed by atoms with Crippen molar-refractivity contribution in [3.8, 4) is 5.75 Å². The minimum Gasteiger partial charge on any atom is -0.491 e. The number of alkyl carbamates (subject to hydrolysis) is 1. The second-order valence-electron chi connectivity index (χ2n) is 6.71. The van der Waals surface area contributed by atoms with E-state index in [1.54, 1.807) is 30.9 Å². The van der Waals surface area contributed by atoms with Crippen LogP contribution in [-0.4, -0.2) is 48.9 Å². The lowest BCUT2D eigenvalue weighted by Gasteiger charge is -2.37. The molecule has 2 N–H and O–H groups in total. The maximum Gasteiger partial charge on any atom is 0.407 e. The van der Waals surface area contributed by atoms with Gasteiger partial charge in [0.1, 0.15) is 5.60 Å². The Kier molecular flexibility index (Phi) is 5.20. The van der Waals surface area contributed by atoms with E-state index in [4.69, 9.17) is 9.47 Å². The Balaban J connectivity index is 1.55. The molecule has 142 valence electrons. The summed E-state index contributed by atoms with van der Waals surface area (Å²) in [6, 6.07) is 4.15. The Morgan fingerprint density at radius 3 is 2.77 bits per heavy atom. The van der Waals surface area contributed by atoms with Gasteiger partial charge in [-0.1, -0.05) is 6.07 Å². The molecule has 26 heavy (non-hydrogen) atoms. The van der Waals surface area contributed by atoms with Gasteiger partial charge in [-0.2, -0.15) is 0 Å². The van der Waals surface area contributed by atoms with Crippen molar-refractivity contribution in [2.45, 2.75) is 38.3 Å². The highest BCUT2D eigenvalue weighted by atomic mass is 19.1. The quantitative estimate of drug-likeness (QED) is 0.859. The first kappa shape index (κ1) is 18.3. The summed E-state index contributed by atoms with van der Waals surface area (Å²) in [4.78, 5) is 25.4. The van der Waals surface area contributed by atoms with E-state index in [0.717, 1.165) is 0 Å². The Morgan fingerprint density at radius 2 is 2.19 bits per heavy atom. The zero-order valence-electron chi connectivity index (χ0n) is 15.0. The van der Waals surface area contributed by atoms with Crippen molar-refractivity contribution >= 4 is 12.1 Å². The van der Waals surface area contributed by atoms with Gasteiger partial charge in [-0.3, -0.25) is 0 Å². The van der Waals surface area contributed by atoms with Gasteiger partial charge in [-0.15, -0.1) is 0 Å². The number of carbonyl (C=O) groups is 2. The Bertz CT molecular complexity index is 689. The molecule has 2 heterocycles. The lowest BCUT2D eigenvalue weighted by molar-refractivity contribution is 0.00958. The summed E-state index contributed by atoms with van der Waals surface area (Å²) in [6.45, 7) is 5.49. The van der Waals surface area contributed by atoms with Gasteiger partial charge in [0.25, 0.3) is 0 Å². The van der Waals surface area contributed by atoms with Gasteiger partial charge < -0.3 is 25.0 Å². The smallest absolute Gasteiger partial charge is 0.407 e. The van der Waals surface area contributed by atoms with Gasteiger partial charge in [0.15, 0.2) is 11.6 Å². The number of urea groups is 1. The highest BCUT2D eigenvalue weighted by molar-refractivity contribution is 5.75. The summed E-state index contributed by atoms with van der Waals surface area (Å²) in [5.74, 6) is -0.239. The number of ether oxygens (including phenoxy) is 2. The summed E-state index contributed by atoms with van der Waals surface area (Å²) >= 11 is 0. The third kappa shape index (κ3) is 3.84. The summed E-state index contributed by atoms with van der Waals surface area (Å²) in [5.41, 5.74) is 0.180. The van der Waals surface area contributed by atoms with Crippen LogP contribution in [0.1, 0.15) is 38.3 Å². The van der Waals surface area contributed by atoms with Gasteiger partial charge in [-0.05, 0) is 31.5 Å². The maximum atomic E-state index is 14.0. The Hall–Kier alpha value is -2.51. The highest BCUT2D eigenvalue weighted by Gasteiger charge is 2.43. The molecule has 2 aliphatic heterocycles. The van der Waals surface area contributed by atoms with Crippen molar-refractivity contribution in [2.24, 2.45) is 0 Å². The number of likely N-dealkylation sites (tertiary alicyclic amines) is 1. The normalized spacial score (nSPS) is 19.7. The van der Waals surface area contributed by atoms with E-state index in [1.165, 1.54) is 6.07 Å². The number of amides is 3. The second kappa shape index (κ2) is 7.39. The van der Waals surface area contributed by atoms with Crippen LogP contribution >= 0.6 is 0 Å². The minimum absolute atomic E-state index is 0.204. The number of carbonyl (C=O) groups excluding carboxylic acids is 2. The van der Waals surface area contributed by atoms with E-state index in [-0.39, 0.29) is 17.8 Å². The van der Waals surface area contributed by atoms with Gasteiger partial charge in [0.2, 0.25) is 0 Å². The summed E-state index contributed by atoms with van der Waals surface area (Å²) in [7, 11) is 0. The molecule has 3 amide bonds. The summed E-state index contributed by atoms with van der Waals surface area (Å²) in [6.07, 6.45) is 0.810. The van der Waals surface area contributed by atoms with Crippen molar-refractivity contribution in [3.05, 3.63) is 29.6 Å². The minimum atomic E-state index is -0.488. The molecule has 1 aromatic carbocycles. The number of nitrogens with zero attached hydrogens (tertiary/aromatic N) is 1. The van der Waals surface area contributed by atoms with Crippen molar-refractivity contribution in [2.75, 3.05) is 26.2 Å². The number of hydrogen-bond acceptors (Lipinski definition) is 4. The zero-order valence-corrected chi connectivity index (χ0v) is 15.0. The summed E-state index contributed by atoms with van der Waals surface area (Å²) < 4.78 is 24.5. The van der Waals surface area contributed by atoms with E-state index >= 15 is 0 Å². The molecule has 2 aliphatic rings. The fourth-order valence-corrected chi connectivity index (χ4v) is 3.32. The van der Waals surface area contributed by atoms with Crippen LogP contribution in [0.15, 0.2) is 18.2 Å². The first-order valence-corrected chi connectivity index (χ1v) is 8.87. The largest absolute Gasteiger partial charge is 0.491 e. The molecule has 2 saturated heterocycles. The topological polar surface area (TPSA) is 79.9 Å². The molecule has 1 atom stereocenters. The molecule has 2 fully saturated rings. The van der Waals surface area contributed by atoms with Crippen molar-refractivity contribution < 1.29 is 23.5 Å². The Morgan fingerprint density at radius 1 is 1.46 bits per heavy atom. The predicted octanol–water partition coefficient (Wildman–Crippen LogP) is 2.57. The van der Waals surface area contributed by atoms with Crippen LogP contribution in [0.3, 0.4) is 0 Å². The molecular weight excluding hydrogens is 341 g/mol. The Labute approximate surface area is 151 Å². The fraction of sp³-hybridized carbons (Fsp3) is 0.556. The third-order valence-corrected chi connectivity index (χ3v) is 4.92. The van der Waals surface area contributed by atoms with Gasteiger partial charge in [0, 0.05) is 25.9 Å². The molecule has 0 bridgehead atoms. The molecule has 1 aromatic rings. The molecule has 3 rings (SSSR count). The molecule has 0 unspecified atom stereocenters. The van der Waals surface area contributed by atoms with Crippen molar-refractivity contribution in [3.63, 3.8) is 0 Å². The SMILES string of the molecule is CCOc1ccc([C@@H](C)NC(=O)N2CCC3(CC2)CNC(=O)O3)cc1F. The van der Waals surface area contributed by atoms with Crippen LogP contribution in [0.2, 0.25) is 0 Å². The zero-order chi connectivity index (χ0) is 18.7.